The van der Waals surface area contributed by atoms with Crippen LogP contribution >= 0.6 is 51.5 Å². The Labute approximate surface area is 404 Å². The number of carbonyl (C=O) groups is 2. The first kappa shape index (κ1) is 57.2. The van der Waals surface area contributed by atoms with E-state index in [1.807, 2.05) is 133 Å². The molecule has 0 saturated heterocycles. The molecule has 64 heavy (non-hydrogen) atoms. The second kappa shape index (κ2) is 31.1. The van der Waals surface area contributed by atoms with E-state index in [-0.39, 0.29) is 17.7 Å². The van der Waals surface area contributed by atoms with E-state index in [1.54, 1.807) is 24.3 Å². The summed E-state index contributed by atoms with van der Waals surface area (Å²) in [7, 11) is -1.34. The van der Waals surface area contributed by atoms with Gasteiger partial charge in [-0.15, -0.1) is 35.6 Å². The van der Waals surface area contributed by atoms with E-state index < -0.39 is 30.5 Å². The minimum atomic E-state index is -1.34. The number of nitrogens with two attached hydrogens (primary N) is 1. The summed E-state index contributed by atoms with van der Waals surface area (Å²) < 4.78 is 11.3. The van der Waals surface area contributed by atoms with Crippen molar-refractivity contribution in [2.75, 3.05) is 5.34 Å². The van der Waals surface area contributed by atoms with Gasteiger partial charge in [-0.2, -0.15) is 0 Å². The number of alkyl carbamates (subject to hydrolysis) is 2. The Bertz CT molecular complexity index is 2200. The third-order valence-electron chi connectivity index (χ3n) is 7.96. The first-order chi connectivity index (χ1) is 29.9. The molecule has 0 unspecified atom stereocenters. The molecule has 0 heterocycles. The van der Waals surface area contributed by atoms with Crippen LogP contribution in [-0.2, 0) is 29.1 Å². The number of benzene rings is 6. The molecule has 6 aromatic rings. The van der Waals surface area contributed by atoms with Crippen molar-refractivity contribution in [2.45, 2.75) is 72.4 Å². The van der Waals surface area contributed by atoms with Crippen molar-refractivity contribution in [1.29, 1.82) is 0 Å². The number of amides is 2. The highest BCUT2D eigenvalue weighted by atomic mass is 79.9. The van der Waals surface area contributed by atoms with Crippen LogP contribution in [0.1, 0.15) is 58.2 Å². The lowest BCUT2D eigenvalue weighted by molar-refractivity contribution is 0.0512. The summed E-state index contributed by atoms with van der Waals surface area (Å²) in [6.07, 6.45) is -0.792. The molecule has 0 aliphatic heterocycles. The molecule has 0 aromatic heterocycles. The van der Waals surface area contributed by atoms with Gasteiger partial charge in [0.25, 0.3) is 0 Å². The van der Waals surface area contributed by atoms with Gasteiger partial charge in [-0.05, 0) is 110 Å². The number of carbonyl (C=O) groups excluding carboxylic acids is 2. The fourth-order valence-electron chi connectivity index (χ4n) is 5.25. The molecule has 9 nitrogen and oxygen atoms in total. The van der Waals surface area contributed by atoms with Gasteiger partial charge in [0.2, 0.25) is 0 Å². The number of alkyl halides is 2. The van der Waals surface area contributed by atoms with E-state index in [1.165, 1.54) is 16.7 Å². The lowest BCUT2D eigenvalue weighted by Gasteiger charge is -2.19. The standard InChI is InChI=1S/C18H21NO2.C13H13N.C12H16BrNO2.C6H7BO2.CH2Cl2.ClH/c1-18(2,3)21-17(20)19-13-14-8-7-11-16(12-14)15-9-5-4-6-10-15;14-10-11-5-4-8-13(9-11)12-6-2-1-3-7-12;1-12(2,3)16-11(15)14-8-9-5-4-6-10(13)7-9;8-7(9)6-4-2-1-3-5-6;2-1-3;/h4-12H,13H2,1-3H3,(H,19,20);1-9H,10,14H2;4-7H,8H2,1-3H3,(H,14,15);1-5,8-9H;1H2;1H. The SMILES string of the molecule is CC(C)(C)OC(=O)NCc1cccc(-c2ccccc2)c1.CC(C)(C)OC(=O)NCc1cccc(Br)c1.Cl.ClCCl.NCc1cccc(-c2ccccc2)c1.OB(O)c1ccccc1. The van der Waals surface area contributed by atoms with E-state index in [9.17, 15) is 9.59 Å². The van der Waals surface area contributed by atoms with Crippen LogP contribution in [0.2, 0.25) is 0 Å². The monoisotopic (exact) mass is 993 g/mol. The van der Waals surface area contributed by atoms with Crippen molar-refractivity contribution in [1.82, 2.24) is 10.6 Å². The molecule has 0 bridgehead atoms. The van der Waals surface area contributed by atoms with Crippen LogP contribution in [0.15, 0.2) is 168 Å². The number of nitrogens with one attached hydrogen (secondary N) is 2. The van der Waals surface area contributed by atoms with Gasteiger partial charge in [-0.25, -0.2) is 9.59 Å². The van der Waals surface area contributed by atoms with Crippen molar-refractivity contribution in [2.24, 2.45) is 5.73 Å². The van der Waals surface area contributed by atoms with Gasteiger partial charge in [0.1, 0.15) is 11.2 Å². The van der Waals surface area contributed by atoms with Gasteiger partial charge in [0.05, 0.1) is 5.34 Å². The van der Waals surface area contributed by atoms with Crippen molar-refractivity contribution in [3.05, 3.63) is 185 Å². The van der Waals surface area contributed by atoms with Crippen molar-refractivity contribution >= 4 is 76.3 Å². The first-order valence-electron chi connectivity index (χ1n) is 20.1. The second-order valence-electron chi connectivity index (χ2n) is 15.6. The maximum atomic E-state index is 11.7. The molecule has 0 spiro atoms. The van der Waals surface area contributed by atoms with Gasteiger partial charge in [-0.1, -0.05) is 155 Å². The summed E-state index contributed by atoms with van der Waals surface area (Å²) in [6.45, 7) is 12.6. The molecule has 14 heteroatoms. The highest BCUT2D eigenvalue weighted by Crippen LogP contribution is 2.21. The molecule has 0 atom stereocenters. The number of rotatable bonds is 8. The lowest BCUT2D eigenvalue weighted by Crippen LogP contribution is -2.32. The van der Waals surface area contributed by atoms with Crippen LogP contribution in [0.4, 0.5) is 9.59 Å². The fourth-order valence-corrected chi connectivity index (χ4v) is 5.70. The molecule has 6 rings (SSSR count). The molecular weight excluding hydrogens is 936 g/mol. The molecule has 2 amide bonds. The largest absolute Gasteiger partial charge is 0.488 e. The predicted molar refractivity (Wildman–Crippen MR) is 272 cm³/mol. The van der Waals surface area contributed by atoms with Crippen LogP contribution in [0, 0.1) is 0 Å². The molecule has 0 aliphatic carbocycles. The number of halogens is 4. The van der Waals surface area contributed by atoms with E-state index in [4.69, 9.17) is 48.5 Å². The van der Waals surface area contributed by atoms with Crippen LogP contribution in [0.3, 0.4) is 0 Å². The van der Waals surface area contributed by atoms with E-state index in [0.29, 0.717) is 25.1 Å². The zero-order valence-electron chi connectivity index (χ0n) is 37.1. The maximum Gasteiger partial charge on any atom is 0.488 e. The number of hydrogen-bond acceptors (Lipinski definition) is 7. The zero-order valence-corrected chi connectivity index (χ0v) is 41.1. The summed E-state index contributed by atoms with van der Waals surface area (Å²) in [5.74, 6) is 0. The second-order valence-corrected chi connectivity index (χ2v) is 17.3. The Morgan fingerprint density at radius 1 is 0.562 bits per heavy atom. The zero-order chi connectivity index (χ0) is 46.7. The summed E-state index contributed by atoms with van der Waals surface area (Å²) >= 11 is 12.9. The van der Waals surface area contributed by atoms with E-state index in [0.717, 1.165) is 26.7 Å². The van der Waals surface area contributed by atoms with E-state index in [2.05, 4.69) is 75.1 Å². The van der Waals surface area contributed by atoms with E-state index >= 15 is 0 Å². The van der Waals surface area contributed by atoms with Crippen LogP contribution in [0.25, 0.3) is 22.3 Å². The third-order valence-corrected chi connectivity index (χ3v) is 8.46. The molecular formula is C50H60BBrCl3N3O6. The number of hydrogen-bond donors (Lipinski definition) is 5. The quantitative estimate of drug-likeness (QED) is 0.0755. The Balaban J connectivity index is 0.000000429. The Hall–Kier alpha value is -4.85. The minimum Gasteiger partial charge on any atom is -0.444 e. The predicted octanol–water partition coefficient (Wildman–Crippen LogP) is 11.9. The third kappa shape index (κ3) is 26.1. The van der Waals surface area contributed by atoms with Crippen LogP contribution in [0.5, 0.6) is 0 Å². The summed E-state index contributed by atoms with van der Waals surface area (Å²) in [4.78, 5) is 23.0. The molecule has 0 aliphatic rings. The van der Waals surface area contributed by atoms with Gasteiger partial charge >= 0.3 is 19.3 Å². The molecule has 6 N–H and O–H groups in total. The summed E-state index contributed by atoms with van der Waals surface area (Å²) in [5.41, 5.74) is 13.2. The van der Waals surface area contributed by atoms with Crippen molar-refractivity contribution < 1.29 is 29.1 Å². The van der Waals surface area contributed by atoms with Crippen molar-refractivity contribution in [3.8, 4) is 22.3 Å². The van der Waals surface area contributed by atoms with Gasteiger partial charge in [0.15, 0.2) is 0 Å². The molecule has 6 aromatic carbocycles. The Morgan fingerprint density at radius 3 is 1.27 bits per heavy atom. The summed E-state index contributed by atoms with van der Waals surface area (Å²) in [5, 5.41) is 22.8. The summed E-state index contributed by atoms with van der Waals surface area (Å²) in [6, 6.07) is 53.4. The van der Waals surface area contributed by atoms with Gasteiger partial charge in [0, 0.05) is 24.1 Å². The van der Waals surface area contributed by atoms with Crippen LogP contribution in [-0.4, -0.2) is 45.9 Å². The van der Waals surface area contributed by atoms with Crippen molar-refractivity contribution in [3.63, 3.8) is 0 Å². The Morgan fingerprint density at radius 2 is 0.906 bits per heavy atom. The van der Waals surface area contributed by atoms with Gasteiger partial charge < -0.3 is 35.9 Å². The molecule has 0 saturated carbocycles. The maximum absolute atomic E-state index is 11.7. The minimum absolute atomic E-state index is 0. The normalized spacial score (nSPS) is 10.1. The fraction of sp³-hybridized carbons (Fsp3) is 0.240. The average molecular weight is 996 g/mol. The molecule has 342 valence electrons. The Kier molecular flexibility index (Phi) is 27.8. The average Bonchev–Trinajstić information content (AvgIpc) is 3.26. The first-order valence-corrected chi connectivity index (χ1v) is 22.0. The smallest absolute Gasteiger partial charge is 0.444 e. The topological polar surface area (TPSA) is 143 Å². The lowest BCUT2D eigenvalue weighted by atomic mass is 9.81. The molecule has 0 fully saturated rings. The van der Waals surface area contributed by atoms with Gasteiger partial charge in [-0.3, -0.25) is 0 Å². The van der Waals surface area contributed by atoms with Crippen LogP contribution < -0.4 is 21.8 Å². The highest BCUT2D eigenvalue weighted by Gasteiger charge is 2.16. The number of ether oxygens (including phenoxy) is 2. The highest BCUT2D eigenvalue weighted by molar-refractivity contribution is 9.10. The molecule has 0 radical (unpaired) electrons.